The number of carbonyl (C=O) groups excluding carboxylic acids is 2. The number of amides is 2. The molecule has 0 N–H and O–H groups in total. The van der Waals surface area contributed by atoms with Gasteiger partial charge in [0.2, 0.25) is 11.5 Å². The zero-order chi connectivity index (χ0) is 41.7. The average Bonchev–Trinajstić information content (AvgIpc) is 3.29. The molecule has 2 aliphatic heterocycles. The molecule has 59 heavy (non-hydrogen) atoms. The number of ether oxygens (including phenoxy) is 6. The van der Waals surface area contributed by atoms with E-state index in [1.54, 1.807) is 28.4 Å². The van der Waals surface area contributed by atoms with Crippen molar-refractivity contribution < 1.29 is 38.0 Å². The number of piperazine rings is 2. The van der Waals surface area contributed by atoms with Crippen LogP contribution in [0.1, 0.15) is 53.8 Å². The summed E-state index contributed by atoms with van der Waals surface area (Å²) in [6.07, 6.45) is 2.80. The number of benzene rings is 4. The van der Waals surface area contributed by atoms with Crippen LogP contribution in [0.5, 0.6) is 34.5 Å². The Labute approximate surface area is 349 Å². The predicted octanol–water partition coefficient (Wildman–Crippen LogP) is 7.24. The fourth-order valence-electron chi connectivity index (χ4n) is 7.63. The Morgan fingerprint density at radius 3 is 1.08 bits per heavy atom. The molecule has 2 heterocycles. The highest BCUT2D eigenvalue weighted by Crippen LogP contribution is 2.43. The molecule has 0 atom stereocenters. The number of nitrogens with zero attached hydrogens (tertiary/aromatic N) is 4. The summed E-state index contributed by atoms with van der Waals surface area (Å²) < 4.78 is 34.2. The highest BCUT2D eigenvalue weighted by atomic mass is 16.5. The van der Waals surface area contributed by atoms with E-state index in [-0.39, 0.29) is 11.8 Å². The molecule has 4 aromatic carbocycles. The third-order valence-corrected chi connectivity index (χ3v) is 11.0. The minimum Gasteiger partial charge on any atom is -0.493 e. The van der Waals surface area contributed by atoms with Gasteiger partial charge in [0.05, 0.1) is 41.7 Å². The summed E-state index contributed by atoms with van der Waals surface area (Å²) in [6, 6.07) is 23.2. The molecule has 0 saturated carbocycles. The zero-order valence-corrected chi connectivity index (χ0v) is 35.6. The van der Waals surface area contributed by atoms with Crippen LogP contribution in [0.15, 0.2) is 72.8 Å². The van der Waals surface area contributed by atoms with Crippen molar-refractivity contribution >= 4 is 11.8 Å². The summed E-state index contributed by atoms with van der Waals surface area (Å²) in [5, 5.41) is 0. The molecule has 6 rings (SSSR count). The van der Waals surface area contributed by atoms with Crippen molar-refractivity contribution in [3.8, 4) is 56.8 Å². The number of hydrogen-bond acceptors (Lipinski definition) is 10. The van der Waals surface area contributed by atoms with Gasteiger partial charge < -0.3 is 38.2 Å². The molecule has 2 aliphatic rings. The van der Waals surface area contributed by atoms with Gasteiger partial charge in [-0.25, -0.2) is 0 Å². The molecule has 0 bridgehead atoms. The van der Waals surface area contributed by atoms with Crippen molar-refractivity contribution in [2.45, 2.75) is 33.1 Å². The van der Waals surface area contributed by atoms with Crippen LogP contribution in [0, 0.1) is 0 Å². The number of hydrogen-bond donors (Lipinski definition) is 0. The van der Waals surface area contributed by atoms with Gasteiger partial charge in [0, 0.05) is 63.5 Å². The van der Waals surface area contributed by atoms with Gasteiger partial charge in [-0.2, -0.15) is 0 Å². The van der Waals surface area contributed by atoms with Gasteiger partial charge in [-0.1, -0.05) is 38.1 Å². The average molecular weight is 809 g/mol. The Kier molecular flexibility index (Phi) is 15.3. The summed E-state index contributed by atoms with van der Waals surface area (Å²) in [7, 11) is 6.49. The minimum absolute atomic E-state index is 0.0577. The van der Waals surface area contributed by atoms with Crippen molar-refractivity contribution in [1.29, 1.82) is 0 Å². The fourth-order valence-corrected chi connectivity index (χ4v) is 7.63. The number of methoxy groups -OCH3 is 4. The van der Waals surface area contributed by atoms with Gasteiger partial charge in [-0.05, 0) is 103 Å². The normalized spacial score (nSPS) is 14.8. The lowest BCUT2D eigenvalue weighted by atomic mass is 10.0. The van der Waals surface area contributed by atoms with E-state index in [0.717, 1.165) is 80.8 Å². The lowest BCUT2D eigenvalue weighted by Crippen LogP contribution is -2.50. The summed E-state index contributed by atoms with van der Waals surface area (Å²) in [4.78, 5) is 35.7. The first kappa shape index (κ1) is 43.1. The maximum atomic E-state index is 13.4. The third-order valence-electron chi connectivity index (χ3n) is 11.0. The molecule has 12 nitrogen and oxygen atoms in total. The quantitative estimate of drug-likeness (QED) is 0.102. The second kappa shape index (κ2) is 21.0. The minimum atomic E-state index is 0.0577. The summed E-state index contributed by atoms with van der Waals surface area (Å²) in [5.41, 5.74) is 5.13. The van der Waals surface area contributed by atoms with E-state index in [4.69, 9.17) is 28.4 Å². The van der Waals surface area contributed by atoms with Gasteiger partial charge in [0.25, 0.3) is 11.8 Å². The van der Waals surface area contributed by atoms with Crippen LogP contribution >= 0.6 is 0 Å². The monoisotopic (exact) mass is 808 g/mol. The predicted molar refractivity (Wildman–Crippen MR) is 231 cm³/mol. The third kappa shape index (κ3) is 10.6. The van der Waals surface area contributed by atoms with Crippen LogP contribution in [0.2, 0.25) is 0 Å². The van der Waals surface area contributed by atoms with Crippen molar-refractivity contribution in [2.24, 2.45) is 0 Å². The van der Waals surface area contributed by atoms with Crippen LogP contribution in [0.3, 0.4) is 0 Å². The van der Waals surface area contributed by atoms with E-state index in [2.05, 4.69) is 23.6 Å². The molecule has 0 spiro atoms. The molecule has 0 aliphatic carbocycles. The Morgan fingerprint density at radius 1 is 0.475 bits per heavy atom. The molecular weight excluding hydrogens is 749 g/mol. The first-order chi connectivity index (χ1) is 28.8. The first-order valence-corrected chi connectivity index (χ1v) is 20.8. The Balaban J connectivity index is 0.922. The maximum Gasteiger partial charge on any atom is 0.253 e. The van der Waals surface area contributed by atoms with Gasteiger partial charge in [-0.15, -0.1) is 0 Å². The van der Waals surface area contributed by atoms with Crippen molar-refractivity contribution in [1.82, 2.24) is 19.6 Å². The molecule has 2 amide bonds. The molecule has 0 aromatic heterocycles. The zero-order valence-electron chi connectivity index (χ0n) is 35.6. The van der Waals surface area contributed by atoms with Gasteiger partial charge >= 0.3 is 0 Å². The topological polar surface area (TPSA) is 102 Å². The molecule has 0 unspecified atom stereocenters. The fraction of sp³-hybridized carbons (Fsp3) is 0.447. The van der Waals surface area contributed by atoms with Crippen LogP contribution in [-0.4, -0.2) is 139 Å². The van der Waals surface area contributed by atoms with Crippen LogP contribution in [-0.2, 0) is 0 Å². The second-order valence-corrected chi connectivity index (χ2v) is 14.9. The highest BCUT2D eigenvalue weighted by Gasteiger charge is 2.25. The Morgan fingerprint density at radius 2 is 0.797 bits per heavy atom. The number of rotatable bonds is 18. The standard InChI is InChI=1S/C47H60N4O8/c1-7-28-58-44-40(54-3)30-38(31-41(44)55-4)34-10-14-36(15-11-34)46(52)50-24-20-48(21-25-50)18-9-19-49-22-26-51(27-23-49)47(53)37-16-12-35(13-17-37)39-32-42(56-5)45(59-29-8-2)43(33-39)57-6/h10-17,30-33H,7-9,18-29H2,1-6H3. The summed E-state index contributed by atoms with van der Waals surface area (Å²) >= 11 is 0. The van der Waals surface area contributed by atoms with Crippen molar-refractivity contribution in [3.63, 3.8) is 0 Å². The van der Waals surface area contributed by atoms with E-state index in [1.807, 2.05) is 82.6 Å². The van der Waals surface area contributed by atoms with E-state index >= 15 is 0 Å². The molecule has 316 valence electrons. The molecule has 4 aromatic rings. The molecular formula is C47H60N4O8. The van der Waals surface area contributed by atoms with Crippen molar-refractivity contribution in [3.05, 3.63) is 83.9 Å². The smallest absolute Gasteiger partial charge is 0.253 e. The van der Waals surface area contributed by atoms with Gasteiger partial charge in [0.15, 0.2) is 23.0 Å². The van der Waals surface area contributed by atoms with E-state index < -0.39 is 0 Å². The largest absolute Gasteiger partial charge is 0.493 e. The molecule has 12 heteroatoms. The Bertz CT molecular complexity index is 1800. The molecule has 2 fully saturated rings. The highest BCUT2D eigenvalue weighted by molar-refractivity contribution is 5.95. The second-order valence-electron chi connectivity index (χ2n) is 14.9. The van der Waals surface area contributed by atoms with Gasteiger partial charge in [-0.3, -0.25) is 19.4 Å². The van der Waals surface area contributed by atoms with Crippen LogP contribution in [0.4, 0.5) is 0 Å². The lowest BCUT2D eigenvalue weighted by Gasteiger charge is -2.37. The number of carbonyl (C=O) groups is 2. The van der Waals surface area contributed by atoms with Crippen molar-refractivity contribution in [2.75, 3.05) is 107 Å². The lowest BCUT2D eigenvalue weighted by molar-refractivity contribution is 0.0606. The molecule has 0 radical (unpaired) electrons. The molecule has 2 saturated heterocycles. The van der Waals surface area contributed by atoms with Gasteiger partial charge in [0.1, 0.15) is 0 Å². The summed E-state index contributed by atoms with van der Waals surface area (Å²) in [6.45, 7) is 13.5. The first-order valence-electron chi connectivity index (χ1n) is 20.8. The van der Waals surface area contributed by atoms with E-state index in [1.165, 1.54) is 0 Å². The maximum absolute atomic E-state index is 13.4. The summed E-state index contributed by atoms with van der Waals surface area (Å²) in [5.74, 6) is 3.75. The SMILES string of the molecule is CCCOc1c(OC)cc(-c2ccc(C(=O)N3CCN(CCCN4CCN(C(=O)c5ccc(-c6cc(OC)c(OCCC)c(OC)c6)cc5)CC4)CC3)cc2)cc1OC. The van der Waals surface area contributed by atoms with Crippen LogP contribution < -0.4 is 28.4 Å². The van der Waals surface area contributed by atoms with E-state index in [0.29, 0.717) is 85.0 Å². The van der Waals surface area contributed by atoms with E-state index in [9.17, 15) is 9.59 Å². The van der Waals surface area contributed by atoms with Crippen LogP contribution in [0.25, 0.3) is 22.3 Å². The Hall–Kier alpha value is -5.46.